The Bertz CT molecular complexity index is 227. The second-order valence-electron chi connectivity index (χ2n) is 5.66. The summed E-state index contributed by atoms with van der Waals surface area (Å²) in [5, 5.41) is 21.8. The van der Waals surface area contributed by atoms with Crippen molar-refractivity contribution in [1.29, 1.82) is 0 Å². The number of carbonyl (C=O) groups is 2. The number of carboxylic acids is 2. The number of hydrogen-bond acceptors (Lipinski definition) is 4. The quantitative estimate of drug-likeness (QED) is 0.380. The van der Waals surface area contributed by atoms with Crippen LogP contribution in [0.3, 0.4) is 0 Å². The molecule has 0 aromatic rings. The highest BCUT2D eigenvalue weighted by Gasteiger charge is 1.90. The first kappa shape index (κ1) is 27.7. The van der Waals surface area contributed by atoms with Crippen molar-refractivity contribution in [2.24, 2.45) is 0 Å². The zero-order chi connectivity index (χ0) is 19.1. The molecule has 0 aliphatic rings. The Kier molecular flexibility index (Phi) is 30.9. The van der Waals surface area contributed by atoms with Crippen molar-refractivity contribution in [2.75, 3.05) is 26.2 Å². The van der Waals surface area contributed by atoms with Gasteiger partial charge in [0.25, 0.3) is 11.9 Å². The van der Waals surface area contributed by atoms with E-state index in [4.69, 9.17) is 19.8 Å². The monoisotopic (exact) mass is 348 g/mol. The molecule has 0 aliphatic carbocycles. The van der Waals surface area contributed by atoms with Crippen molar-refractivity contribution < 1.29 is 19.8 Å². The predicted octanol–water partition coefficient (Wildman–Crippen LogP) is 3.51. The maximum atomic E-state index is 9.00. The molecule has 4 N–H and O–H groups in total. The summed E-state index contributed by atoms with van der Waals surface area (Å²) in [5.74, 6) is -1.67. The Labute approximate surface area is 148 Å². The summed E-state index contributed by atoms with van der Waals surface area (Å²) in [4.78, 5) is 18.0. The van der Waals surface area contributed by atoms with Crippen LogP contribution in [0.15, 0.2) is 0 Å². The van der Waals surface area contributed by atoms with Crippen LogP contribution in [0.25, 0.3) is 0 Å². The van der Waals surface area contributed by atoms with Gasteiger partial charge in [0, 0.05) is 26.9 Å². The van der Waals surface area contributed by atoms with E-state index in [9.17, 15) is 0 Å². The summed E-state index contributed by atoms with van der Waals surface area (Å²) in [6.07, 6.45) is 10.9. The van der Waals surface area contributed by atoms with Crippen LogP contribution in [0, 0.1) is 0 Å². The molecule has 24 heavy (non-hydrogen) atoms. The Balaban J connectivity index is -0.000000457. The maximum absolute atomic E-state index is 9.00. The molecule has 0 bridgehead atoms. The topological polar surface area (TPSA) is 98.7 Å². The standard InChI is InChI=1S/C14H32N2.2C2H4O2/c1-3-5-7-9-11-15-13-14-16-12-10-8-6-4-2;2*1-2(3)4/h15-16H,3-14H2,1-2H3;2*1H3,(H,3,4). The van der Waals surface area contributed by atoms with E-state index >= 15 is 0 Å². The van der Waals surface area contributed by atoms with Gasteiger partial charge in [-0.3, -0.25) is 9.59 Å². The number of aliphatic carboxylic acids is 2. The van der Waals surface area contributed by atoms with Gasteiger partial charge < -0.3 is 20.8 Å². The minimum absolute atomic E-state index is 0.833. The van der Waals surface area contributed by atoms with Crippen molar-refractivity contribution >= 4 is 11.9 Å². The molecule has 0 aromatic carbocycles. The molecule has 0 radical (unpaired) electrons. The van der Waals surface area contributed by atoms with E-state index < -0.39 is 11.9 Å². The molecular weight excluding hydrogens is 308 g/mol. The minimum atomic E-state index is -0.833. The average molecular weight is 349 g/mol. The second kappa shape index (κ2) is 26.7. The van der Waals surface area contributed by atoms with Crippen molar-refractivity contribution in [3.8, 4) is 0 Å². The highest BCUT2D eigenvalue weighted by molar-refractivity contribution is 5.63. The Hall–Kier alpha value is -1.14. The van der Waals surface area contributed by atoms with Crippen LogP contribution in [-0.4, -0.2) is 48.3 Å². The third kappa shape index (κ3) is 58.5. The Morgan fingerprint density at radius 1 is 0.625 bits per heavy atom. The fourth-order valence-corrected chi connectivity index (χ4v) is 1.78. The largest absolute Gasteiger partial charge is 0.481 e. The molecular formula is C18H40N2O4. The first-order valence-corrected chi connectivity index (χ1v) is 9.18. The van der Waals surface area contributed by atoms with Gasteiger partial charge in [-0.15, -0.1) is 0 Å². The van der Waals surface area contributed by atoms with Gasteiger partial charge in [-0.2, -0.15) is 0 Å². The number of unbranched alkanes of at least 4 members (excludes halogenated alkanes) is 6. The summed E-state index contributed by atoms with van der Waals surface area (Å²) in [5.41, 5.74) is 0. The SMILES string of the molecule is CC(=O)O.CC(=O)O.CCCCCCNCCNCCCCCC. The van der Waals surface area contributed by atoms with E-state index in [2.05, 4.69) is 24.5 Å². The average Bonchev–Trinajstić information content (AvgIpc) is 2.47. The Morgan fingerprint density at radius 3 is 1.17 bits per heavy atom. The number of carboxylic acid groups (broad SMARTS) is 2. The summed E-state index contributed by atoms with van der Waals surface area (Å²) in [7, 11) is 0. The fraction of sp³-hybridized carbons (Fsp3) is 0.889. The molecule has 0 atom stereocenters. The van der Waals surface area contributed by atoms with Gasteiger partial charge in [0.1, 0.15) is 0 Å². The third-order valence-electron chi connectivity index (χ3n) is 2.89. The molecule has 0 aromatic heterocycles. The normalized spacial score (nSPS) is 9.33. The summed E-state index contributed by atoms with van der Waals surface area (Å²) in [6.45, 7) is 11.3. The zero-order valence-corrected chi connectivity index (χ0v) is 16.2. The molecule has 0 rings (SSSR count). The first-order chi connectivity index (χ1) is 11.4. The highest BCUT2D eigenvalue weighted by Crippen LogP contribution is 1.97. The van der Waals surface area contributed by atoms with Gasteiger partial charge in [0.15, 0.2) is 0 Å². The van der Waals surface area contributed by atoms with Crippen LogP contribution in [0.2, 0.25) is 0 Å². The molecule has 0 aliphatic heterocycles. The lowest BCUT2D eigenvalue weighted by Crippen LogP contribution is -2.28. The van der Waals surface area contributed by atoms with Crippen LogP contribution < -0.4 is 10.6 Å². The highest BCUT2D eigenvalue weighted by atomic mass is 16.4. The van der Waals surface area contributed by atoms with Crippen LogP contribution in [-0.2, 0) is 9.59 Å². The van der Waals surface area contributed by atoms with Gasteiger partial charge in [-0.05, 0) is 25.9 Å². The number of hydrogen-bond donors (Lipinski definition) is 4. The van der Waals surface area contributed by atoms with E-state index in [1.54, 1.807) is 0 Å². The van der Waals surface area contributed by atoms with Gasteiger partial charge in [0.05, 0.1) is 0 Å². The molecule has 0 unspecified atom stereocenters. The van der Waals surface area contributed by atoms with Gasteiger partial charge in [-0.1, -0.05) is 52.4 Å². The molecule has 146 valence electrons. The summed E-state index contributed by atoms with van der Waals surface area (Å²) >= 11 is 0. The van der Waals surface area contributed by atoms with Gasteiger partial charge >= 0.3 is 0 Å². The van der Waals surface area contributed by atoms with E-state index in [1.165, 1.54) is 64.5 Å². The second-order valence-corrected chi connectivity index (χ2v) is 5.66. The lowest BCUT2D eigenvalue weighted by atomic mass is 10.2. The van der Waals surface area contributed by atoms with Gasteiger partial charge in [0.2, 0.25) is 0 Å². The molecule has 0 heterocycles. The van der Waals surface area contributed by atoms with Crippen molar-refractivity contribution in [3.05, 3.63) is 0 Å². The lowest BCUT2D eigenvalue weighted by molar-refractivity contribution is -0.135. The molecule has 0 amide bonds. The molecule has 6 heteroatoms. The molecule has 0 fully saturated rings. The molecule has 6 nitrogen and oxygen atoms in total. The van der Waals surface area contributed by atoms with Crippen LogP contribution >= 0.6 is 0 Å². The molecule has 0 saturated carbocycles. The van der Waals surface area contributed by atoms with E-state index in [0.717, 1.165) is 26.9 Å². The van der Waals surface area contributed by atoms with Crippen molar-refractivity contribution in [3.63, 3.8) is 0 Å². The van der Waals surface area contributed by atoms with Crippen LogP contribution in [0.4, 0.5) is 0 Å². The number of nitrogens with one attached hydrogen (secondary N) is 2. The molecule has 0 saturated heterocycles. The fourth-order valence-electron chi connectivity index (χ4n) is 1.78. The minimum Gasteiger partial charge on any atom is -0.481 e. The number of rotatable bonds is 13. The summed E-state index contributed by atoms with van der Waals surface area (Å²) < 4.78 is 0. The third-order valence-corrected chi connectivity index (χ3v) is 2.89. The zero-order valence-electron chi connectivity index (χ0n) is 16.2. The molecule has 0 spiro atoms. The summed E-state index contributed by atoms with van der Waals surface area (Å²) in [6, 6.07) is 0. The van der Waals surface area contributed by atoms with E-state index in [-0.39, 0.29) is 0 Å². The first-order valence-electron chi connectivity index (χ1n) is 9.18. The lowest BCUT2D eigenvalue weighted by Gasteiger charge is -2.06. The maximum Gasteiger partial charge on any atom is 0.300 e. The van der Waals surface area contributed by atoms with Crippen LogP contribution in [0.1, 0.15) is 79.1 Å². The van der Waals surface area contributed by atoms with Crippen LogP contribution in [0.5, 0.6) is 0 Å². The van der Waals surface area contributed by atoms with E-state index in [1.807, 2.05) is 0 Å². The smallest absolute Gasteiger partial charge is 0.300 e. The van der Waals surface area contributed by atoms with Crippen molar-refractivity contribution in [2.45, 2.75) is 79.1 Å². The Morgan fingerprint density at radius 2 is 0.917 bits per heavy atom. The van der Waals surface area contributed by atoms with Crippen molar-refractivity contribution in [1.82, 2.24) is 10.6 Å². The predicted molar refractivity (Wildman–Crippen MR) is 101 cm³/mol. The van der Waals surface area contributed by atoms with E-state index in [0.29, 0.717) is 0 Å². The van der Waals surface area contributed by atoms with Gasteiger partial charge in [-0.25, -0.2) is 0 Å².